The molecule has 0 aliphatic rings. The molecular weight excluding hydrogens is 237 g/mol. The molecule has 0 spiro atoms. The fourth-order valence-corrected chi connectivity index (χ4v) is 6.32. The second-order valence-corrected chi connectivity index (χ2v) is 9.84. The lowest BCUT2D eigenvalue weighted by Gasteiger charge is -2.22. The van der Waals surface area contributed by atoms with Gasteiger partial charge in [0, 0.05) is 5.25 Å². The van der Waals surface area contributed by atoms with E-state index in [-0.39, 0.29) is 0 Å². The maximum absolute atomic E-state index is 10.4. The van der Waals surface area contributed by atoms with Gasteiger partial charge in [-0.3, -0.25) is 4.79 Å². The molecule has 0 radical (unpaired) electrons. The zero-order valence-corrected chi connectivity index (χ0v) is 11.4. The fourth-order valence-electron chi connectivity index (χ4n) is 0.686. The Bertz CT molecular complexity index is 214. The highest BCUT2D eigenvalue weighted by atomic mass is 32.9. The molecule has 0 saturated carbocycles. The van der Waals surface area contributed by atoms with E-state index >= 15 is 0 Å². The fraction of sp³-hybridized carbons (Fsp3) is 0.875. The molecule has 2 unspecified atom stereocenters. The van der Waals surface area contributed by atoms with Crippen LogP contribution in [0.25, 0.3) is 0 Å². The molecule has 6 heteroatoms. The Balaban J connectivity index is 4.22. The molecule has 0 heterocycles. The van der Waals surface area contributed by atoms with Crippen molar-refractivity contribution in [2.24, 2.45) is 0 Å². The molecule has 84 valence electrons. The third-order valence-electron chi connectivity index (χ3n) is 1.57. The number of hydrogen-bond acceptors (Lipinski definition) is 4. The molecule has 2 atom stereocenters. The molecule has 3 nitrogen and oxygen atoms in total. The van der Waals surface area contributed by atoms with Gasteiger partial charge in [0.1, 0.15) is 0 Å². The van der Waals surface area contributed by atoms with Gasteiger partial charge in [-0.2, -0.15) is 0 Å². The van der Waals surface area contributed by atoms with Crippen LogP contribution in [-0.2, 0) is 21.1 Å². The van der Waals surface area contributed by atoms with Crippen LogP contribution < -0.4 is 5.09 Å². The van der Waals surface area contributed by atoms with Crippen LogP contribution in [0.15, 0.2) is 0 Å². The van der Waals surface area contributed by atoms with Crippen LogP contribution in [-0.4, -0.2) is 18.3 Å². The van der Waals surface area contributed by atoms with E-state index in [9.17, 15) is 4.79 Å². The summed E-state index contributed by atoms with van der Waals surface area (Å²) in [5.41, 5.74) is -2.18. The quantitative estimate of drug-likeness (QED) is 0.534. The zero-order chi connectivity index (χ0) is 11.0. The molecule has 0 rings (SSSR count). The number of carbonyl (C=O) groups is 1. The van der Waals surface area contributed by atoms with Crippen LogP contribution in [0, 0.1) is 0 Å². The Morgan fingerprint density at radius 1 is 1.64 bits per heavy atom. The average Bonchev–Trinajstić information content (AvgIpc) is 2.15. The first-order valence-electron chi connectivity index (χ1n) is 4.72. The van der Waals surface area contributed by atoms with Gasteiger partial charge in [-0.25, -0.2) is 0 Å². The van der Waals surface area contributed by atoms with E-state index in [2.05, 4.69) is 18.9 Å². The Hall–Kier alpha value is 0.430. The highest BCUT2D eigenvalue weighted by Crippen LogP contribution is 2.58. The molecule has 0 aromatic heterocycles. The van der Waals surface area contributed by atoms with Gasteiger partial charge in [0.05, 0.1) is 6.61 Å². The van der Waals surface area contributed by atoms with Crippen molar-refractivity contribution in [3.8, 4) is 0 Å². The second kappa shape index (κ2) is 7.69. The van der Waals surface area contributed by atoms with Crippen molar-refractivity contribution < 1.29 is 9.32 Å². The lowest BCUT2D eigenvalue weighted by molar-refractivity contribution is -0.108. The number of nitrogens with one attached hydrogen (secondary N) is 1. The summed E-state index contributed by atoms with van der Waals surface area (Å²) in [4.78, 5) is 10.4. The molecule has 0 saturated heterocycles. The van der Waals surface area contributed by atoms with Gasteiger partial charge in [0.2, 0.25) is 12.0 Å². The summed E-state index contributed by atoms with van der Waals surface area (Å²) >= 11 is 6.89. The van der Waals surface area contributed by atoms with Crippen molar-refractivity contribution in [2.75, 3.05) is 6.61 Å². The highest BCUT2D eigenvalue weighted by molar-refractivity contribution is 8.69. The molecule has 14 heavy (non-hydrogen) atoms. The Kier molecular flexibility index (Phi) is 7.92. The van der Waals surface area contributed by atoms with Gasteiger partial charge in [0.25, 0.3) is 0 Å². The molecule has 1 N–H and O–H groups in total. The standard InChI is InChI=1S/C8H18NO2PS2/c1-4-6-11-12(13,9-7-10)14-8(3)5-2/h7-8H,4-6H2,1-3H3,(H,9,10,13). The first-order chi connectivity index (χ1) is 6.58. The largest absolute Gasteiger partial charge is 0.326 e. The predicted octanol–water partition coefficient (Wildman–Crippen LogP) is 2.92. The predicted molar refractivity (Wildman–Crippen MR) is 67.1 cm³/mol. The summed E-state index contributed by atoms with van der Waals surface area (Å²) in [5, 5.41) is 3.07. The van der Waals surface area contributed by atoms with Crippen molar-refractivity contribution >= 4 is 35.2 Å². The van der Waals surface area contributed by atoms with E-state index in [0.717, 1.165) is 12.8 Å². The van der Waals surface area contributed by atoms with Crippen LogP contribution in [0.5, 0.6) is 0 Å². The van der Waals surface area contributed by atoms with Crippen molar-refractivity contribution in [1.29, 1.82) is 0 Å². The Morgan fingerprint density at radius 2 is 2.29 bits per heavy atom. The zero-order valence-electron chi connectivity index (χ0n) is 8.86. The molecular formula is C8H18NO2PS2. The van der Waals surface area contributed by atoms with E-state index in [1.54, 1.807) is 11.4 Å². The molecule has 0 aliphatic heterocycles. The monoisotopic (exact) mass is 255 g/mol. The van der Waals surface area contributed by atoms with Crippen molar-refractivity contribution in [2.45, 2.75) is 38.9 Å². The topological polar surface area (TPSA) is 38.3 Å². The third-order valence-corrected chi connectivity index (χ3v) is 7.44. The van der Waals surface area contributed by atoms with Gasteiger partial charge >= 0.3 is 0 Å². The average molecular weight is 255 g/mol. The molecule has 0 fully saturated rings. The van der Waals surface area contributed by atoms with Gasteiger partial charge in [-0.1, -0.05) is 32.2 Å². The van der Waals surface area contributed by atoms with E-state index in [0.29, 0.717) is 18.3 Å². The van der Waals surface area contributed by atoms with E-state index in [1.807, 2.05) is 6.92 Å². The number of amides is 1. The number of carbonyl (C=O) groups excluding carboxylic acids is 1. The van der Waals surface area contributed by atoms with Gasteiger partial charge in [-0.15, -0.1) is 0 Å². The number of hydrogen-bond donors (Lipinski definition) is 1. The summed E-state index contributed by atoms with van der Waals surface area (Å²) in [6.45, 7) is 6.82. The molecule has 0 aromatic rings. The first-order valence-corrected chi connectivity index (χ1v) is 8.92. The minimum absolute atomic E-state index is 0.421. The maximum Gasteiger partial charge on any atom is 0.213 e. The lowest BCUT2D eigenvalue weighted by atomic mass is 10.4. The van der Waals surface area contributed by atoms with Gasteiger partial charge in [-0.05, 0) is 24.6 Å². The Labute approximate surface area is 95.3 Å². The van der Waals surface area contributed by atoms with Crippen LogP contribution in [0.1, 0.15) is 33.6 Å². The van der Waals surface area contributed by atoms with Crippen molar-refractivity contribution in [3.05, 3.63) is 0 Å². The van der Waals surface area contributed by atoms with E-state index < -0.39 is 5.62 Å². The summed E-state index contributed by atoms with van der Waals surface area (Å²) in [6.07, 6.45) is 2.59. The minimum atomic E-state index is -2.18. The first kappa shape index (κ1) is 14.4. The summed E-state index contributed by atoms with van der Waals surface area (Å²) in [5.74, 6) is 0. The normalized spacial score (nSPS) is 17.1. The smallest absolute Gasteiger partial charge is 0.213 e. The van der Waals surface area contributed by atoms with E-state index in [4.69, 9.17) is 16.3 Å². The minimum Gasteiger partial charge on any atom is -0.326 e. The molecule has 0 aliphatic carbocycles. The second-order valence-electron chi connectivity index (χ2n) is 2.90. The number of rotatable bonds is 8. The van der Waals surface area contributed by atoms with Crippen LogP contribution in [0.2, 0.25) is 0 Å². The highest BCUT2D eigenvalue weighted by Gasteiger charge is 2.20. The van der Waals surface area contributed by atoms with Crippen molar-refractivity contribution in [3.63, 3.8) is 0 Å². The van der Waals surface area contributed by atoms with Gasteiger partial charge in [0.15, 0.2) is 0 Å². The summed E-state index contributed by atoms with van der Waals surface area (Å²) < 4.78 is 5.54. The summed E-state index contributed by atoms with van der Waals surface area (Å²) in [7, 11) is 0. The lowest BCUT2D eigenvalue weighted by Crippen LogP contribution is -2.10. The van der Waals surface area contributed by atoms with Crippen LogP contribution in [0.3, 0.4) is 0 Å². The van der Waals surface area contributed by atoms with Gasteiger partial charge < -0.3 is 9.61 Å². The van der Waals surface area contributed by atoms with Crippen LogP contribution >= 0.6 is 17.0 Å². The molecule has 1 amide bonds. The van der Waals surface area contributed by atoms with E-state index in [1.165, 1.54) is 0 Å². The molecule has 0 bridgehead atoms. The Morgan fingerprint density at radius 3 is 2.71 bits per heavy atom. The van der Waals surface area contributed by atoms with Crippen molar-refractivity contribution in [1.82, 2.24) is 5.09 Å². The van der Waals surface area contributed by atoms with Crippen LogP contribution in [0.4, 0.5) is 0 Å². The maximum atomic E-state index is 10.4. The SMILES string of the molecule is CCCOP(=S)(NC=O)SC(C)CC. The molecule has 0 aromatic carbocycles. The third kappa shape index (κ3) is 6.02. The summed E-state index contributed by atoms with van der Waals surface area (Å²) in [6, 6.07) is 0.